The van der Waals surface area contributed by atoms with Crippen LogP contribution in [0.1, 0.15) is 43.0 Å². The van der Waals surface area contributed by atoms with E-state index in [1.165, 1.54) is 65.3 Å². The number of carbonyl (C=O) groups is 1. The van der Waals surface area contributed by atoms with Crippen LogP contribution in [0.3, 0.4) is 0 Å². The van der Waals surface area contributed by atoms with Crippen molar-refractivity contribution in [2.75, 3.05) is 13.2 Å². The summed E-state index contributed by atoms with van der Waals surface area (Å²) in [6, 6.07) is 0. The number of rotatable bonds is 4. The molecule has 1 fully saturated rings. The molecule has 33 rings (SSSR count). The maximum Gasteiger partial charge on any atom is 0.312 e. The van der Waals surface area contributed by atoms with Gasteiger partial charge in [0.05, 0.1) is 23.4 Å². The van der Waals surface area contributed by atoms with Crippen molar-refractivity contribution in [1.82, 2.24) is 0 Å². The Hall–Kier alpha value is -8.33. The molecular formula is C72H20O3Si. The smallest absolute Gasteiger partial charge is 0.312 e. The number of benzene rings is 18. The Morgan fingerprint density at radius 3 is 0.684 bits per heavy atom. The summed E-state index contributed by atoms with van der Waals surface area (Å²) >= 11 is 0. The van der Waals surface area contributed by atoms with Gasteiger partial charge in [-0.3, -0.25) is 4.79 Å². The van der Waals surface area contributed by atoms with Crippen LogP contribution in [-0.4, -0.2) is 27.5 Å². The molecule has 28 aromatic carbocycles. The third-order valence-corrected chi connectivity index (χ3v) is 31.7. The predicted octanol–water partition coefficient (Wildman–Crippen LogP) is 18.5. The molecule has 0 heterocycles. The van der Waals surface area contributed by atoms with Gasteiger partial charge in [-0.05, 0) is 331 Å². The summed E-state index contributed by atoms with van der Waals surface area (Å²) < 4.78 is 13.4. The molecule has 0 aliphatic heterocycles. The highest BCUT2D eigenvalue weighted by Gasteiger charge is 2.89. The van der Waals surface area contributed by atoms with E-state index in [0.717, 1.165) is 0 Å². The molecule has 0 atom stereocenters. The second-order valence-corrected chi connectivity index (χ2v) is 33.6. The van der Waals surface area contributed by atoms with Crippen LogP contribution in [0.4, 0.5) is 0 Å². The first-order chi connectivity index (χ1) is 37.2. The number of esters is 1. The topological polar surface area (TPSA) is 35.5 Å². The second-order valence-electron chi connectivity index (χ2n) is 28.8. The van der Waals surface area contributed by atoms with E-state index in [1.807, 2.05) is 0 Å². The fourth-order valence-corrected chi connectivity index (χ4v) is 26.4. The largest absolute Gasteiger partial charge is 0.452 e. The molecular weight excluding hydrogens is 941 g/mol. The molecule has 3 nitrogen and oxygen atoms in total. The first kappa shape index (κ1) is 30.9. The SMILES string of the molecule is CC(C)(C)[Si](C)(C)OCC#CCOC(=O)C1C23c4c5c6c7c8c9c(c%10c%11c2c2c4c4c%12c5c5c6c6c8c8c%13c9c9c%10c%10c%11c%11c2c2c4c4c%12c%12c5c5c6c8c6c8c%13c9c9c%10c%10c%11c2c2c4c4c%12c5c6c5c8c9c%10c2c45)C713. The van der Waals surface area contributed by atoms with Gasteiger partial charge in [0.25, 0.3) is 0 Å². The molecule has 0 radical (unpaired) electrons. The van der Waals surface area contributed by atoms with Crippen molar-refractivity contribution in [3.05, 3.63) is 22.3 Å². The van der Waals surface area contributed by atoms with Crippen LogP contribution in [0.25, 0.3) is 291 Å². The molecule has 28 aromatic rings. The molecule has 2 spiro atoms. The highest BCUT2D eigenvalue weighted by molar-refractivity contribution is 6.82. The Morgan fingerprint density at radius 2 is 0.500 bits per heavy atom. The van der Waals surface area contributed by atoms with Crippen molar-refractivity contribution in [2.45, 2.75) is 49.7 Å². The first-order valence-electron chi connectivity index (χ1n) is 28.3. The highest BCUT2D eigenvalue weighted by atomic mass is 28.4. The minimum atomic E-state index is -1.99. The number of ether oxygens (including phenoxy) is 1. The van der Waals surface area contributed by atoms with Crippen LogP contribution in [0.5, 0.6) is 0 Å². The van der Waals surface area contributed by atoms with Gasteiger partial charge in [0.2, 0.25) is 0 Å². The minimum absolute atomic E-state index is 0.0467. The average molecular weight is 961 g/mol. The molecule has 330 valence electrons. The molecule has 4 heteroatoms. The van der Waals surface area contributed by atoms with Gasteiger partial charge >= 0.3 is 5.97 Å². The van der Waals surface area contributed by atoms with Crippen LogP contribution in [0, 0.1) is 17.8 Å². The number of carbonyl (C=O) groups excluding carboxylic acids is 1. The molecule has 0 aromatic heterocycles. The van der Waals surface area contributed by atoms with Crippen LogP contribution >= 0.6 is 0 Å². The summed E-state index contributed by atoms with van der Waals surface area (Å²) in [6.45, 7) is 11.9. The second kappa shape index (κ2) is 7.07. The Labute approximate surface area is 419 Å². The summed E-state index contributed by atoms with van der Waals surface area (Å²) in [5.41, 5.74) is 4.95. The van der Waals surface area contributed by atoms with E-state index in [9.17, 15) is 0 Å². The molecule has 5 aliphatic carbocycles. The molecule has 0 saturated heterocycles. The van der Waals surface area contributed by atoms with Crippen molar-refractivity contribution < 1.29 is 14.0 Å². The van der Waals surface area contributed by atoms with Gasteiger partial charge < -0.3 is 9.16 Å². The van der Waals surface area contributed by atoms with Crippen LogP contribution in [-0.2, 0) is 24.8 Å². The molecule has 1 saturated carbocycles. The van der Waals surface area contributed by atoms with Gasteiger partial charge in [-0.15, -0.1) is 0 Å². The van der Waals surface area contributed by atoms with Gasteiger partial charge in [-0.2, -0.15) is 0 Å². The maximum absolute atomic E-state index is 16.5. The monoisotopic (exact) mass is 960 g/mol. The van der Waals surface area contributed by atoms with Crippen LogP contribution in [0.2, 0.25) is 18.1 Å². The third kappa shape index (κ3) is 1.74. The van der Waals surface area contributed by atoms with E-state index in [-0.39, 0.29) is 23.5 Å². The molecule has 5 aliphatic rings. The summed E-state index contributed by atoms with van der Waals surface area (Å²) in [6.07, 6.45) is 0. The molecule has 0 amide bonds. The summed E-state index contributed by atoms with van der Waals surface area (Å²) in [7, 11) is -1.99. The summed E-state index contributed by atoms with van der Waals surface area (Å²) in [5, 5.41) is 85.2. The Balaban J connectivity index is 0.956. The highest BCUT2D eigenvalue weighted by Crippen LogP contribution is 2.92. The fraction of sp³-hybridized carbons (Fsp3) is 0.153. The lowest BCUT2D eigenvalue weighted by Crippen LogP contribution is -2.40. The van der Waals surface area contributed by atoms with Gasteiger partial charge in [-0.1, -0.05) is 32.6 Å². The van der Waals surface area contributed by atoms with E-state index < -0.39 is 19.1 Å². The lowest BCUT2D eigenvalue weighted by atomic mass is 9.68. The fourth-order valence-electron chi connectivity index (χ4n) is 25.5. The Kier molecular flexibility index (Phi) is 2.87. The standard InChI is InChI=1S/C72H20O3Si/c1-70(2,3)76(4,5)75-9-7-6-8-74-69(73)68-71-64-56-48-38-28-20-12-10-11-14-18-16(12)24-32-26(18)36-30-22(14)23-15(11)19-17-13(10)21(20)29-35-25(17)33-27(19)37-31(23)41-40(30)50-44(36)54-46(32)52(42(48)34(24)28)60(64)62(54)66-58(50)59-51(41)45(37)55-47(33)53-43(35)49(39(29)38)57(56)65(71)61(53)63(55)67(59)72(66,68)71/h68H,8-9H2,1-5H3. The molecule has 76 heavy (non-hydrogen) atoms. The van der Waals surface area contributed by atoms with E-state index >= 15 is 4.79 Å². The number of hydrogen-bond acceptors (Lipinski definition) is 3. The zero-order chi connectivity index (χ0) is 46.9. The zero-order valence-corrected chi connectivity index (χ0v) is 41.7. The van der Waals surface area contributed by atoms with Gasteiger partial charge in [0.1, 0.15) is 0 Å². The van der Waals surface area contributed by atoms with E-state index in [1.54, 1.807) is 248 Å². The van der Waals surface area contributed by atoms with E-state index in [2.05, 4.69) is 45.7 Å². The van der Waals surface area contributed by atoms with Crippen molar-refractivity contribution in [3.8, 4) is 11.8 Å². The quantitative estimate of drug-likeness (QED) is 0.0763. The van der Waals surface area contributed by atoms with Crippen LogP contribution in [0.15, 0.2) is 0 Å². The van der Waals surface area contributed by atoms with Crippen molar-refractivity contribution in [2.24, 2.45) is 5.92 Å². The van der Waals surface area contributed by atoms with E-state index in [0.29, 0.717) is 6.61 Å². The predicted molar refractivity (Wildman–Crippen MR) is 319 cm³/mol. The van der Waals surface area contributed by atoms with E-state index in [4.69, 9.17) is 9.16 Å². The van der Waals surface area contributed by atoms with Crippen molar-refractivity contribution in [3.63, 3.8) is 0 Å². The molecule has 0 N–H and O–H groups in total. The maximum atomic E-state index is 16.5. The molecule has 0 unspecified atom stereocenters. The Bertz CT molecular complexity index is 6960. The average Bonchev–Trinajstić information content (AvgIpc) is 3.40. The first-order valence-corrected chi connectivity index (χ1v) is 31.2. The summed E-state index contributed by atoms with van der Waals surface area (Å²) in [4.78, 5) is 16.5. The van der Waals surface area contributed by atoms with Crippen LogP contribution < -0.4 is 0 Å². The van der Waals surface area contributed by atoms with Crippen molar-refractivity contribution >= 4 is 305 Å². The normalized spacial score (nSPS) is 22.6. The van der Waals surface area contributed by atoms with Gasteiger partial charge in [0, 0.05) is 0 Å². The molecule has 0 bridgehead atoms. The third-order valence-electron chi connectivity index (χ3n) is 27.2. The van der Waals surface area contributed by atoms with Crippen molar-refractivity contribution in [1.29, 1.82) is 0 Å². The Morgan fingerprint density at radius 1 is 0.329 bits per heavy atom. The zero-order valence-electron chi connectivity index (χ0n) is 40.7. The lowest BCUT2D eigenvalue weighted by Gasteiger charge is -2.35. The number of hydrogen-bond donors (Lipinski definition) is 0. The van der Waals surface area contributed by atoms with Gasteiger partial charge in [0.15, 0.2) is 14.9 Å². The lowest BCUT2D eigenvalue weighted by molar-refractivity contribution is -0.144. The van der Waals surface area contributed by atoms with Gasteiger partial charge in [-0.25, -0.2) is 0 Å². The minimum Gasteiger partial charge on any atom is -0.452 e. The summed E-state index contributed by atoms with van der Waals surface area (Å²) in [5.74, 6) is 6.24.